The molecular formula is C16H18N4O. The molecular weight excluding hydrogens is 264 g/mol. The molecule has 2 aromatic heterocycles. The van der Waals surface area contributed by atoms with E-state index in [0.29, 0.717) is 6.42 Å². The fourth-order valence-electron chi connectivity index (χ4n) is 2.33. The third-order valence-electron chi connectivity index (χ3n) is 3.45. The van der Waals surface area contributed by atoms with E-state index in [1.807, 2.05) is 56.8 Å². The Balaban J connectivity index is 1.79. The lowest BCUT2D eigenvalue weighted by Gasteiger charge is -2.13. The Kier molecular flexibility index (Phi) is 3.39. The standard InChI is InChI=1S/C16H18N4O/c1-19(2)14-5-6-15-12(10-14)7-9-20(15)18-16(21)11-13-4-3-8-17-13/h3-10,17H,11H2,1-2H3,(H,18,21). The van der Waals surface area contributed by atoms with E-state index in [-0.39, 0.29) is 5.91 Å². The monoisotopic (exact) mass is 282 g/mol. The largest absolute Gasteiger partial charge is 0.378 e. The normalized spacial score (nSPS) is 10.8. The maximum Gasteiger partial charge on any atom is 0.244 e. The molecule has 0 aliphatic heterocycles. The van der Waals surface area contributed by atoms with Crippen molar-refractivity contribution in [3.05, 3.63) is 54.5 Å². The van der Waals surface area contributed by atoms with Crippen LogP contribution >= 0.6 is 0 Å². The van der Waals surface area contributed by atoms with Crippen LogP contribution in [-0.4, -0.2) is 29.7 Å². The average molecular weight is 282 g/mol. The first-order chi connectivity index (χ1) is 10.1. The number of amides is 1. The van der Waals surface area contributed by atoms with Gasteiger partial charge in [-0.2, -0.15) is 0 Å². The van der Waals surface area contributed by atoms with Gasteiger partial charge in [0, 0.05) is 43.3 Å². The van der Waals surface area contributed by atoms with Gasteiger partial charge >= 0.3 is 0 Å². The van der Waals surface area contributed by atoms with Crippen LogP contribution in [0.4, 0.5) is 5.69 Å². The molecule has 0 spiro atoms. The number of fused-ring (bicyclic) bond motifs is 1. The van der Waals surface area contributed by atoms with Crippen LogP contribution in [0, 0.1) is 0 Å². The van der Waals surface area contributed by atoms with Gasteiger partial charge in [-0.05, 0) is 36.4 Å². The molecule has 3 aromatic rings. The van der Waals surface area contributed by atoms with Crippen molar-refractivity contribution in [2.24, 2.45) is 0 Å². The summed E-state index contributed by atoms with van der Waals surface area (Å²) in [6, 6.07) is 11.9. The summed E-state index contributed by atoms with van der Waals surface area (Å²) in [6.07, 6.45) is 4.02. The van der Waals surface area contributed by atoms with Gasteiger partial charge in [0.25, 0.3) is 0 Å². The van der Waals surface area contributed by atoms with Gasteiger partial charge in [-0.1, -0.05) is 0 Å². The Morgan fingerprint density at radius 1 is 1.29 bits per heavy atom. The van der Waals surface area contributed by atoms with E-state index >= 15 is 0 Å². The van der Waals surface area contributed by atoms with Crippen LogP contribution in [-0.2, 0) is 11.2 Å². The highest BCUT2D eigenvalue weighted by Crippen LogP contribution is 2.21. The van der Waals surface area contributed by atoms with Crippen molar-refractivity contribution >= 4 is 22.5 Å². The molecule has 0 aliphatic carbocycles. The number of aromatic amines is 1. The molecule has 2 N–H and O–H groups in total. The average Bonchev–Trinajstić information content (AvgIpc) is 3.08. The zero-order chi connectivity index (χ0) is 14.8. The molecule has 1 aromatic carbocycles. The molecule has 3 rings (SSSR count). The summed E-state index contributed by atoms with van der Waals surface area (Å²) in [5.74, 6) is -0.0494. The van der Waals surface area contributed by atoms with Crippen molar-refractivity contribution in [2.45, 2.75) is 6.42 Å². The Hall–Kier alpha value is -2.69. The van der Waals surface area contributed by atoms with E-state index in [4.69, 9.17) is 0 Å². The molecule has 1 amide bonds. The first-order valence-corrected chi connectivity index (χ1v) is 6.84. The van der Waals surface area contributed by atoms with Crippen molar-refractivity contribution in [3.63, 3.8) is 0 Å². The van der Waals surface area contributed by atoms with Gasteiger partial charge in [-0.3, -0.25) is 14.9 Å². The summed E-state index contributed by atoms with van der Waals surface area (Å²) in [6.45, 7) is 0. The number of carbonyl (C=O) groups is 1. The maximum atomic E-state index is 12.0. The van der Waals surface area contributed by atoms with Gasteiger partial charge in [0.05, 0.1) is 11.9 Å². The Bertz CT molecular complexity index is 756. The molecule has 0 saturated heterocycles. The Morgan fingerprint density at radius 2 is 2.14 bits per heavy atom. The van der Waals surface area contributed by atoms with Crippen molar-refractivity contribution in [2.75, 3.05) is 24.4 Å². The van der Waals surface area contributed by atoms with Crippen LogP contribution in [0.25, 0.3) is 10.9 Å². The highest BCUT2D eigenvalue weighted by atomic mass is 16.2. The zero-order valence-corrected chi connectivity index (χ0v) is 12.1. The van der Waals surface area contributed by atoms with Gasteiger partial charge in [0.1, 0.15) is 0 Å². The minimum atomic E-state index is -0.0494. The van der Waals surface area contributed by atoms with E-state index in [0.717, 1.165) is 22.3 Å². The Morgan fingerprint density at radius 3 is 2.86 bits per heavy atom. The predicted molar refractivity (Wildman–Crippen MR) is 85.1 cm³/mol. The zero-order valence-electron chi connectivity index (χ0n) is 12.1. The van der Waals surface area contributed by atoms with Crippen molar-refractivity contribution in [1.29, 1.82) is 0 Å². The van der Waals surface area contributed by atoms with Crippen LogP contribution < -0.4 is 10.3 Å². The van der Waals surface area contributed by atoms with Crippen LogP contribution in [0.3, 0.4) is 0 Å². The van der Waals surface area contributed by atoms with Gasteiger partial charge in [-0.25, -0.2) is 0 Å². The van der Waals surface area contributed by atoms with Crippen LogP contribution in [0.2, 0.25) is 0 Å². The Labute approximate surface area is 123 Å². The number of H-pyrrole nitrogens is 1. The lowest BCUT2D eigenvalue weighted by molar-refractivity contribution is -0.116. The summed E-state index contributed by atoms with van der Waals surface area (Å²) in [7, 11) is 4.02. The SMILES string of the molecule is CN(C)c1ccc2c(ccn2NC(=O)Cc2ccc[nH]2)c1. The van der Waals surface area contributed by atoms with Crippen LogP contribution in [0.1, 0.15) is 5.69 Å². The number of hydrogen-bond acceptors (Lipinski definition) is 2. The van der Waals surface area contributed by atoms with E-state index < -0.39 is 0 Å². The minimum absolute atomic E-state index is 0.0494. The van der Waals surface area contributed by atoms with E-state index in [2.05, 4.69) is 21.4 Å². The number of benzene rings is 1. The molecule has 0 unspecified atom stereocenters. The lowest BCUT2D eigenvalue weighted by Crippen LogP contribution is -2.23. The number of carbonyl (C=O) groups excluding carboxylic acids is 1. The maximum absolute atomic E-state index is 12.0. The molecule has 108 valence electrons. The molecule has 0 fully saturated rings. The highest BCUT2D eigenvalue weighted by Gasteiger charge is 2.07. The third kappa shape index (κ3) is 2.76. The molecule has 5 heteroatoms. The molecule has 0 aliphatic rings. The predicted octanol–water partition coefficient (Wildman–Crippen LogP) is 2.35. The smallest absolute Gasteiger partial charge is 0.244 e. The highest BCUT2D eigenvalue weighted by molar-refractivity contribution is 5.90. The van der Waals surface area contributed by atoms with Crippen molar-refractivity contribution < 1.29 is 4.79 Å². The second-order valence-electron chi connectivity index (χ2n) is 5.23. The summed E-state index contributed by atoms with van der Waals surface area (Å²) < 4.78 is 1.76. The van der Waals surface area contributed by atoms with Crippen LogP contribution in [0.5, 0.6) is 0 Å². The molecule has 21 heavy (non-hydrogen) atoms. The van der Waals surface area contributed by atoms with Gasteiger partial charge in [-0.15, -0.1) is 0 Å². The molecule has 2 heterocycles. The van der Waals surface area contributed by atoms with E-state index in [1.165, 1.54) is 0 Å². The van der Waals surface area contributed by atoms with Gasteiger partial charge < -0.3 is 9.88 Å². The minimum Gasteiger partial charge on any atom is -0.378 e. The molecule has 0 radical (unpaired) electrons. The number of aromatic nitrogens is 2. The number of anilines is 1. The number of rotatable bonds is 4. The summed E-state index contributed by atoms with van der Waals surface area (Å²) in [4.78, 5) is 17.1. The lowest BCUT2D eigenvalue weighted by atomic mass is 10.2. The summed E-state index contributed by atoms with van der Waals surface area (Å²) in [5, 5.41) is 1.10. The molecule has 0 saturated carbocycles. The van der Waals surface area contributed by atoms with E-state index in [1.54, 1.807) is 4.68 Å². The second-order valence-corrected chi connectivity index (χ2v) is 5.23. The summed E-state index contributed by atoms with van der Waals surface area (Å²) in [5.41, 5.74) is 5.92. The van der Waals surface area contributed by atoms with Gasteiger partial charge in [0.15, 0.2) is 0 Å². The number of nitrogens with one attached hydrogen (secondary N) is 2. The van der Waals surface area contributed by atoms with E-state index in [9.17, 15) is 4.79 Å². The fourth-order valence-corrected chi connectivity index (χ4v) is 2.33. The second kappa shape index (κ2) is 5.36. The van der Waals surface area contributed by atoms with Gasteiger partial charge in [0.2, 0.25) is 5.91 Å². The molecule has 0 bridgehead atoms. The third-order valence-corrected chi connectivity index (χ3v) is 3.45. The van der Waals surface area contributed by atoms with Crippen molar-refractivity contribution in [1.82, 2.24) is 9.66 Å². The quantitative estimate of drug-likeness (QED) is 0.772. The summed E-state index contributed by atoms with van der Waals surface area (Å²) >= 11 is 0. The number of hydrogen-bond donors (Lipinski definition) is 2. The van der Waals surface area contributed by atoms with Crippen LogP contribution in [0.15, 0.2) is 48.8 Å². The van der Waals surface area contributed by atoms with Crippen molar-refractivity contribution in [3.8, 4) is 0 Å². The molecule has 5 nitrogen and oxygen atoms in total. The first-order valence-electron chi connectivity index (χ1n) is 6.84. The number of nitrogens with zero attached hydrogens (tertiary/aromatic N) is 2. The fraction of sp³-hybridized carbons (Fsp3) is 0.188. The molecule has 0 atom stereocenters. The topological polar surface area (TPSA) is 53.1 Å². The first kappa shape index (κ1) is 13.3.